The number of aliphatic hydroxyl groups excluding tert-OH is 1. The van der Waals surface area contributed by atoms with Crippen LogP contribution in [0.15, 0.2) is 0 Å². The van der Waals surface area contributed by atoms with Crippen LogP contribution in [0.3, 0.4) is 0 Å². The van der Waals surface area contributed by atoms with Gasteiger partial charge in [-0.15, -0.1) is 12.4 Å². The standard InChI is InChI=1S/C13H24N2O2.ClH/c16-12-4-2-1-3-11(12)9-15-13(17)7-10-5-6-14-8-10;/h10-12,14,16H,1-9H2,(H,15,17);1H. The van der Waals surface area contributed by atoms with Crippen LogP contribution in [0.5, 0.6) is 0 Å². The van der Waals surface area contributed by atoms with E-state index in [0.29, 0.717) is 18.9 Å². The second kappa shape index (κ2) is 7.97. The van der Waals surface area contributed by atoms with E-state index in [2.05, 4.69) is 10.6 Å². The van der Waals surface area contributed by atoms with E-state index in [1.54, 1.807) is 0 Å². The van der Waals surface area contributed by atoms with Gasteiger partial charge in [0.1, 0.15) is 0 Å². The molecule has 1 amide bonds. The molecule has 0 radical (unpaired) electrons. The summed E-state index contributed by atoms with van der Waals surface area (Å²) in [4.78, 5) is 11.7. The summed E-state index contributed by atoms with van der Waals surface area (Å²) in [7, 11) is 0. The minimum atomic E-state index is -0.211. The fraction of sp³-hybridized carbons (Fsp3) is 0.923. The molecular weight excluding hydrogens is 252 g/mol. The van der Waals surface area contributed by atoms with Crippen LogP contribution >= 0.6 is 12.4 Å². The molecule has 18 heavy (non-hydrogen) atoms. The molecule has 1 aliphatic carbocycles. The highest BCUT2D eigenvalue weighted by Gasteiger charge is 2.24. The van der Waals surface area contributed by atoms with E-state index in [1.165, 1.54) is 6.42 Å². The lowest BCUT2D eigenvalue weighted by atomic mass is 9.86. The highest BCUT2D eigenvalue weighted by Crippen LogP contribution is 2.23. The molecule has 1 saturated heterocycles. The SMILES string of the molecule is Cl.O=C(CC1CCNC1)NCC1CCCCC1O. The highest BCUT2D eigenvalue weighted by molar-refractivity contribution is 5.85. The van der Waals surface area contributed by atoms with Crippen LogP contribution in [0.1, 0.15) is 38.5 Å². The predicted molar refractivity (Wildman–Crippen MR) is 73.8 cm³/mol. The molecule has 0 aromatic rings. The molecule has 3 atom stereocenters. The largest absolute Gasteiger partial charge is 0.393 e. The third-order valence-corrected chi connectivity index (χ3v) is 4.07. The van der Waals surface area contributed by atoms with E-state index in [0.717, 1.165) is 38.8 Å². The lowest BCUT2D eigenvalue weighted by molar-refractivity contribution is -0.122. The quantitative estimate of drug-likeness (QED) is 0.720. The van der Waals surface area contributed by atoms with Crippen molar-refractivity contribution >= 4 is 18.3 Å². The second-order valence-corrected chi connectivity index (χ2v) is 5.48. The number of carbonyl (C=O) groups is 1. The average Bonchev–Trinajstić information content (AvgIpc) is 2.81. The first-order chi connectivity index (χ1) is 8.25. The van der Waals surface area contributed by atoms with E-state index >= 15 is 0 Å². The number of hydrogen-bond donors (Lipinski definition) is 3. The molecule has 5 heteroatoms. The van der Waals surface area contributed by atoms with Crippen LogP contribution in [-0.4, -0.2) is 36.8 Å². The van der Waals surface area contributed by atoms with Crippen molar-refractivity contribution in [3.63, 3.8) is 0 Å². The molecule has 3 N–H and O–H groups in total. The fourth-order valence-electron chi connectivity index (χ4n) is 2.89. The van der Waals surface area contributed by atoms with Gasteiger partial charge in [-0.3, -0.25) is 4.79 Å². The highest BCUT2D eigenvalue weighted by atomic mass is 35.5. The minimum absolute atomic E-state index is 0. The summed E-state index contributed by atoms with van der Waals surface area (Å²) in [5, 5.41) is 16.1. The number of hydrogen-bond acceptors (Lipinski definition) is 3. The Labute approximate surface area is 115 Å². The van der Waals surface area contributed by atoms with Gasteiger partial charge in [0.15, 0.2) is 0 Å². The van der Waals surface area contributed by atoms with E-state index in [-0.39, 0.29) is 30.3 Å². The van der Waals surface area contributed by atoms with Gasteiger partial charge in [0.05, 0.1) is 6.10 Å². The summed E-state index contributed by atoms with van der Waals surface area (Å²) in [6, 6.07) is 0. The molecule has 2 fully saturated rings. The maximum Gasteiger partial charge on any atom is 0.220 e. The molecule has 0 aromatic heterocycles. The molecule has 2 rings (SSSR count). The first-order valence-electron chi connectivity index (χ1n) is 6.91. The molecule has 1 heterocycles. The number of nitrogens with one attached hydrogen (secondary N) is 2. The van der Waals surface area contributed by atoms with Gasteiger partial charge in [-0.05, 0) is 38.3 Å². The molecule has 0 spiro atoms. The normalized spacial score (nSPS) is 31.7. The number of halogens is 1. The van der Waals surface area contributed by atoms with Gasteiger partial charge in [0.2, 0.25) is 5.91 Å². The zero-order valence-corrected chi connectivity index (χ0v) is 11.7. The van der Waals surface area contributed by atoms with Gasteiger partial charge in [0, 0.05) is 18.9 Å². The molecule has 1 saturated carbocycles. The van der Waals surface area contributed by atoms with E-state index in [4.69, 9.17) is 0 Å². The van der Waals surface area contributed by atoms with Gasteiger partial charge < -0.3 is 15.7 Å². The first kappa shape index (κ1) is 15.7. The topological polar surface area (TPSA) is 61.4 Å². The maximum absolute atomic E-state index is 11.7. The minimum Gasteiger partial charge on any atom is -0.393 e. The predicted octanol–water partition coefficient (Wildman–Crippen LogP) is 1.08. The number of rotatable bonds is 4. The Morgan fingerprint density at radius 3 is 2.72 bits per heavy atom. The van der Waals surface area contributed by atoms with Crippen molar-refractivity contribution < 1.29 is 9.90 Å². The number of carbonyl (C=O) groups excluding carboxylic acids is 1. The summed E-state index contributed by atoms with van der Waals surface area (Å²) in [6.45, 7) is 2.67. The molecule has 1 aliphatic heterocycles. The lowest BCUT2D eigenvalue weighted by Crippen LogP contribution is -2.37. The monoisotopic (exact) mass is 276 g/mol. The Morgan fingerprint density at radius 2 is 2.06 bits per heavy atom. The Hall–Kier alpha value is -0.320. The van der Waals surface area contributed by atoms with Crippen molar-refractivity contribution in [1.82, 2.24) is 10.6 Å². The van der Waals surface area contributed by atoms with Gasteiger partial charge >= 0.3 is 0 Å². The van der Waals surface area contributed by atoms with Crippen molar-refractivity contribution in [2.24, 2.45) is 11.8 Å². The van der Waals surface area contributed by atoms with E-state index in [1.807, 2.05) is 0 Å². The zero-order chi connectivity index (χ0) is 12.1. The first-order valence-corrected chi connectivity index (χ1v) is 6.91. The van der Waals surface area contributed by atoms with Crippen molar-refractivity contribution in [2.45, 2.75) is 44.6 Å². The van der Waals surface area contributed by atoms with Crippen LogP contribution in [0.4, 0.5) is 0 Å². The average molecular weight is 277 g/mol. The van der Waals surface area contributed by atoms with Gasteiger partial charge in [-0.25, -0.2) is 0 Å². The summed E-state index contributed by atoms with van der Waals surface area (Å²) >= 11 is 0. The smallest absolute Gasteiger partial charge is 0.220 e. The van der Waals surface area contributed by atoms with Crippen molar-refractivity contribution in [3.05, 3.63) is 0 Å². The fourth-order valence-corrected chi connectivity index (χ4v) is 2.89. The van der Waals surface area contributed by atoms with Crippen LogP contribution in [0.2, 0.25) is 0 Å². The molecule has 3 unspecified atom stereocenters. The summed E-state index contributed by atoms with van der Waals surface area (Å²) < 4.78 is 0. The van der Waals surface area contributed by atoms with Crippen molar-refractivity contribution in [3.8, 4) is 0 Å². The Bertz CT molecular complexity index is 257. The molecular formula is C13H25ClN2O2. The van der Waals surface area contributed by atoms with Gasteiger partial charge in [-0.2, -0.15) is 0 Å². The van der Waals surface area contributed by atoms with Crippen LogP contribution in [-0.2, 0) is 4.79 Å². The molecule has 0 aromatic carbocycles. The third-order valence-electron chi connectivity index (χ3n) is 4.07. The van der Waals surface area contributed by atoms with E-state index < -0.39 is 0 Å². The molecule has 106 valence electrons. The van der Waals surface area contributed by atoms with Crippen molar-refractivity contribution in [2.75, 3.05) is 19.6 Å². The summed E-state index contributed by atoms with van der Waals surface area (Å²) in [5.41, 5.74) is 0. The Kier molecular flexibility index (Phi) is 6.97. The molecule has 2 aliphatic rings. The molecule has 0 bridgehead atoms. The van der Waals surface area contributed by atoms with Crippen LogP contribution in [0, 0.1) is 11.8 Å². The second-order valence-electron chi connectivity index (χ2n) is 5.48. The van der Waals surface area contributed by atoms with Crippen LogP contribution in [0.25, 0.3) is 0 Å². The lowest BCUT2D eigenvalue weighted by Gasteiger charge is -2.27. The Balaban J connectivity index is 0.00000162. The molecule has 4 nitrogen and oxygen atoms in total. The van der Waals surface area contributed by atoms with E-state index in [9.17, 15) is 9.90 Å². The summed E-state index contributed by atoms with van der Waals surface area (Å²) in [6.07, 6.45) is 5.79. The van der Waals surface area contributed by atoms with Crippen molar-refractivity contribution in [1.29, 1.82) is 0 Å². The maximum atomic E-state index is 11.7. The van der Waals surface area contributed by atoms with Crippen LogP contribution < -0.4 is 10.6 Å². The van der Waals surface area contributed by atoms with Gasteiger partial charge in [0.25, 0.3) is 0 Å². The third kappa shape index (κ3) is 4.75. The number of aliphatic hydroxyl groups is 1. The van der Waals surface area contributed by atoms with Gasteiger partial charge in [-0.1, -0.05) is 12.8 Å². The summed E-state index contributed by atoms with van der Waals surface area (Å²) in [5.74, 6) is 0.928. The zero-order valence-electron chi connectivity index (χ0n) is 10.9. The Morgan fingerprint density at radius 1 is 1.28 bits per heavy atom. The number of amides is 1.